The summed E-state index contributed by atoms with van der Waals surface area (Å²) in [5.41, 5.74) is 12.6. The Morgan fingerprint density at radius 2 is 2.22 bits per heavy atom. The molecule has 0 bridgehead atoms. The van der Waals surface area contributed by atoms with Crippen molar-refractivity contribution in [2.24, 2.45) is 5.73 Å². The van der Waals surface area contributed by atoms with Crippen molar-refractivity contribution in [2.75, 3.05) is 17.6 Å². The standard InChI is InChI=1S/C12H16N4O2/c13-9-5-7(12(14)18)1-3-10(9)16-8-2-4-11(17)15-6-8/h1,3,5,8,16H,2,4,6,13H2,(H2,14,18)(H,15,17). The van der Waals surface area contributed by atoms with E-state index in [4.69, 9.17) is 11.5 Å². The number of anilines is 2. The molecule has 1 saturated heterocycles. The second kappa shape index (κ2) is 4.95. The fourth-order valence-corrected chi connectivity index (χ4v) is 1.92. The van der Waals surface area contributed by atoms with Crippen molar-refractivity contribution < 1.29 is 9.59 Å². The molecule has 96 valence electrons. The molecule has 1 unspecified atom stereocenters. The SMILES string of the molecule is NC(=O)c1ccc(NC2CCC(=O)NC2)c(N)c1. The quantitative estimate of drug-likeness (QED) is 0.567. The normalized spacial score (nSPS) is 19.1. The van der Waals surface area contributed by atoms with Crippen molar-refractivity contribution in [3.63, 3.8) is 0 Å². The van der Waals surface area contributed by atoms with E-state index in [2.05, 4.69) is 10.6 Å². The van der Waals surface area contributed by atoms with Gasteiger partial charge in [0.2, 0.25) is 11.8 Å². The topological polar surface area (TPSA) is 110 Å². The van der Waals surface area contributed by atoms with Gasteiger partial charge in [0, 0.05) is 24.6 Å². The molecule has 6 N–H and O–H groups in total. The third-order valence-electron chi connectivity index (χ3n) is 2.96. The zero-order valence-electron chi connectivity index (χ0n) is 9.90. The zero-order chi connectivity index (χ0) is 13.1. The first-order chi connectivity index (χ1) is 8.56. The first kappa shape index (κ1) is 12.2. The van der Waals surface area contributed by atoms with Crippen LogP contribution in [0.25, 0.3) is 0 Å². The molecule has 1 atom stereocenters. The maximum atomic E-state index is 11.0. The molecule has 2 rings (SSSR count). The van der Waals surface area contributed by atoms with E-state index in [0.717, 1.165) is 12.1 Å². The van der Waals surface area contributed by atoms with Crippen molar-refractivity contribution in [1.82, 2.24) is 5.32 Å². The lowest BCUT2D eigenvalue weighted by Crippen LogP contribution is -2.42. The smallest absolute Gasteiger partial charge is 0.248 e. The minimum absolute atomic E-state index is 0.0742. The molecule has 1 fully saturated rings. The molecule has 1 heterocycles. The Kier molecular flexibility index (Phi) is 3.36. The number of primary amides is 1. The van der Waals surface area contributed by atoms with Gasteiger partial charge in [-0.05, 0) is 24.6 Å². The van der Waals surface area contributed by atoms with Gasteiger partial charge in [-0.15, -0.1) is 0 Å². The molecule has 18 heavy (non-hydrogen) atoms. The van der Waals surface area contributed by atoms with E-state index >= 15 is 0 Å². The van der Waals surface area contributed by atoms with Crippen LogP contribution in [0, 0.1) is 0 Å². The Balaban J connectivity index is 2.05. The highest BCUT2D eigenvalue weighted by Crippen LogP contribution is 2.22. The number of carbonyl (C=O) groups excluding carboxylic acids is 2. The number of carbonyl (C=O) groups is 2. The van der Waals surface area contributed by atoms with Gasteiger partial charge in [-0.1, -0.05) is 0 Å². The van der Waals surface area contributed by atoms with Gasteiger partial charge < -0.3 is 22.1 Å². The summed E-state index contributed by atoms with van der Waals surface area (Å²) in [7, 11) is 0. The largest absolute Gasteiger partial charge is 0.397 e. The van der Waals surface area contributed by atoms with Gasteiger partial charge >= 0.3 is 0 Å². The van der Waals surface area contributed by atoms with Gasteiger partial charge in [-0.25, -0.2) is 0 Å². The molecule has 6 heteroatoms. The summed E-state index contributed by atoms with van der Waals surface area (Å²) >= 11 is 0. The van der Waals surface area contributed by atoms with Crippen LogP contribution in [-0.4, -0.2) is 24.4 Å². The van der Waals surface area contributed by atoms with E-state index < -0.39 is 5.91 Å². The van der Waals surface area contributed by atoms with E-state index in [1.165, 1.54) is 0 Å². The van der Waals surface area contributed by atoms with Gasteiger partial charge in [0.1, 0.15) is 0 Å². The van der Waals surface area contributed by atoms with E-state index in [1.54, 1.807) is 18.2 Å². The highest BCUT2D eigenvalue weighted by molar-refractivity contribution is 5.94. The molecule has 1 aliphatic rings. The number of hydrogen-bond donors (Lipinski definition) is 4. The molecule has 0 aromatic heterocycles. The van der Waals surface area contributed by atoms with Crippen LogP contribution in [0.2, 0.25) is 0 Å². The fourth-order valence-electron chi connectivity index (χ4n) is 1.92. The molecule has 1 aliphatic heterocycles. The van der Waals surface area contributed by atoms with E-state index in [9.17, 15) is 9.59 Å². The number of piperidine rings is 1. The average molecular weight is 248 g/mol. The van der Waals surface area contributed by atoms with Gasteiger partial charge in [0.15, 0.2) is 0 Å². The van der Waals surface area contributed by atoms with Crippen molar-refractivity contribution in [3.05, 3.63) is 23.8 Å². The zero-order valence-corrected chi connectivity index (χ0v) is 9.90. The number of nitrogen functional groups attached to an aromatic ring is 1. The minimum Gasteiger partial charge on any atom is -0.397 e. The van der Waals surface area contributed by atoms with Crippen LogP contribution in [0.4, 0.5) is 11.4 Å². The average Bonchev–Trinajstić information content (AvgIpc) is 2.34. The van der Waals surface area contributed by atoms with Gasteiger partial charge in [0.05, 0.1) is 11.4 Å². The van der Waals surface area contributed by atoms with Crippen LogP contribution in [0.15, 0.2) is 18.2 Å². The van der Waals surface area contributed by atoms with Gasteiger partial charge in [-0.2, -0.15) is 0 Å². The monoisotopic (exact) mass is 248 g/mol. The molecular weight excluding hydrogens is 232 g/mol. The van der Waals surface area contributed by atoms with E-state index in [0.29, 0.717) is 24.2 Å². The molecule has 1 aromatic carbocycles. The molecule has 0 aliphatic carbocycles. The molecule has 0 radical (unpaired) electrons. The Labute approximate surface area is 105 Å². The first-order valence-corrected chi connectivity index (χ1v) is 5.79. The Morgan fingerprint density at radius 1 is 1.44 bits per heavy atom. The van der Waals surface area contributed by atoms with Crippen LogP contribution in [-0.2, 0) is 4.79 Å². The molecule has 2 amide bonds. The van der Waals surface area contributed by atoms with Crippen LogP contribution >= 0.6 is 0 Å². The summed E-state index contributed by atoms with van der Waals surface area (Å²) in [6.07, 6.45) is 1.28. The van der Waals surface area contributed by atoms with Crippen LogP contribution in [0.3, 0.4) is 0 Å². The van der Waals surface area contributed by atoms with Crippen molar-refractivity contribution in [2.45, 2.75) is 18.9 Å². The van der Waals surface area contributed by atoms with Crippen LogP contribution in [0.1, 0.15) is 23.2 Å². The third-order valence-corrected chi connectivity index (χ3v) is 2.96. The Morgan fingerprint density at radius 3 is 2.78 bits per heavy atom. The maximum absolute atomic E-state index is 11.0. The second-order valence-electron chi connectivity index (χ2n) is 4.35. The number of nitrogens with one attached hydrogen (secondary N) is 2. The highest BCUT2D eigenvalue weighted by Gasteiger charge is 2.18. The molecular formula is C12H16N4O2. The van der Waals surface area contributed by atoms with Crippen molar-refractivity contribution in [3.8, 4) is 0 Å². The summed E-state index contributed by atoms with van der Waals surface area (Å²) in [5, 5.41) is 6.03. The summed E-state index contributed by atoms with van der Waals surface area (Å²) in [6, 6.07) is 5.06. The van der Waals surface area contributed by atoms with Crippen molar-refractivity contribution in [1.29, 1.82) is 0 Å². The predicted molar refractivity (Wildman–Crippen MR) is 69.0 cm³/mol. The summed E-state index contributed by atoms with van der Waals surface area (Å²) in [6.45, 7) is 0.579. The Hall–Kier alpha value is -2.24. The van der Waals surface area contributed by atoms with Crippen LogP contribution < -0.4 is 22.1 Å². The number of benzene rings is 1. The molecule has 0 spiro atoms. The molecule has 0 saturated carbocycles. The first-order valence-electron chi connectivity index (χ1n) is 5.79. The lowest BCUT2D eigenvalue weighted by molar-refractivity contribution is -0.122. The predicted octanol–water partition coefficient (Wildman–Crippen LogP) is 0.0582. The molecule has 6 nitrogen and oxygen atoms in total. The van der Waals surface area contributed by atoms with Gasteiger partial charge in [-0.3, -0.25) is 9.59 Å². The summed E-state index contributed by atoms with van der Waals surface area (Å²) in [4.78, 5) is 22.0. The summed E-state index contributed by atoms with van der Waals surface area (Å²) < 4.78 is 0. The number of rotatable bonds is 3. The second-order valence-corrected chi connectivity index (χ2v) is 4.35. The van der Waals surface area contributed by atoms with Crippen molar-refractivity contribution >= 4 is 23.2 Å². The highest BCUT2D eigenvalue weighted by atomic mass is 16.2. The number of amides is 2. The lowest BCUT2D eigenvalue weighted by Gasteiger charge is -2.25. The minimum atomic E-state index is -0.502. The fraction of sp³-hybridized carbons (Fsp3) is 0.333. The summed E-state index contributed by atoms with van der Waals surface area (Å²) in [5.74, 6) is -0.428. The van der Waals surface area contributed by atoms with Crippen LogP contribution in [0.5, 0.6) is 0 Å². The van der Waals surface area contributed by atoms with E-state index in [1.807, 2.05) is 0 Å². The third kappa shape index (κ3) is 2.71. The molecule has 1 aromatic rings. The lowest BCUT2D eigenvalue weighted by atomic mass is 10.1. The number of nitrogens with two attached hydrogens (primary N) is 2. The number of hydrogen-bond acceptors (Lipinski definition) is 4. The maximum Gasteiger partial charge on any atom is 0.248 e. The Bertz CT molecular complexity index is 477. The van der Waals surface area contributed by atoms with E-state index in [-0.39, 0.29) is 11.9 Å². The van der Waals surface area contributed by atoms with Gasteiger partial charge in [0.25, 0.3) is 0 Å².